The molecule has 2 fully saturated rings. The molecule has 7 nitrogen and oxygen atoms in total. The van der Waals surface area contributed by atoms with Crippen molar-refractivity contribution < 1.29 is 14.5 Å². The van der Waals surface area contributed by atoms with Gasteiger partial charge in [0.15, 0.2) is 0 Å². The number of ether oxygens (including phenoxy) is 1. The van der Waals surface area contributed by atoms with Gasteiger partial charge in [0.05, 0.1) is 10.5 Å². The molecule has 2 aliphatic rings. The molecule has 0 aromatic heterocycles. The normalized spacial score (nSPS) is 20.0. The van der Waals surface area contributed by atoms with Gasteiger partial charge in [-0.2, -0.15) is 0 Å². The molecule has 0 spiro atoms. The van der Waals surface area contributed by atoms with Gasteiger partial charge >= 0.3 is 0 Å². The third-order valence-electron chi connectivity index (χ3n) is 5.00. The fraction of sp³-hybridized carbons (Fsp3) is 0.588. The molecule has 2 N–H and O–H groups in total. The second kappa shape index (κ2) is 8.01. The number of piperidine rings is 1. The Balaban J connectivity index is 0.00000225. The summed E-state index contributed by atoms with van der Waals surface area (Å²) in [5.74, 6) is 0.699. The van der Waals surface area contributed by atoms with Crippen LogP contribution < -0.4 is 10.5 Å². The minimum atomic E-state index is -0.661. The number of amides is 1. The van der Waals surface area contributed by atoms with Gasteiger partial charge in [0.25, 0.3) is 5.69 Å². The summed E-state index contributed by atoms with van der Waals surface area (Å²) in [7, 11) is 0. The Hall–Kier alpha value is -1.86. The third kappa shape index (κ3) is 4.41. The van der Waals surface area contributed by atoms with Crippen molar-refractivity contribution in [2.75, 3.05) is 13.1 Å². The van der Waals surface area contributed by atoms with Crippen molar-refractivity contribution >= 4 is 24.0 Å². The number of hydrogen-bond donors (Lipinski definition) is 1. The average Bonchev–Trinajstić information content (AvgIpc) is 3.03. The lowest BCUT2D eigenvalue weighted by Gasteiger charge is -2.36. The van der Waals surface area contributed by atoms with Crippen molar-refractivity contribution in [3.05, 3.63) is 34.4 Å². The van der Waals surface area contributed by atoms with Crippen molar-refractivity contribution in [2.24, 2.45) is 5.73 Å². The molecule has 0 unspecified atom stereocenters. The number of hydrogen-bond acceptors (Lipinski definition) is 5. The summed E-state index contributed by atoms with van der Waals surface area (Å²) in [6.45, 7) is 1.30. The Bertz CT molecular complexity index is 609. The summed E-state index contributed by atoms with van der Waals surface area (Å²) < 4.78 is 5.88. The standard InChI is InChI=1S/C17H23N3O4.ClH/c18-17(9-1-2-10-17)16(21)19-11-7-15(8-12-19)24-14-5-3-13(4-6-14)20(22)23;/h3-6,15H,1-2,7-12,18H2;1H. The Morgan fingerprint density at radius 1 is 1.20 bits per heavy atom. The van der Waals surface area contributed by atoms with Gasteiger partial charge in [-0.1, -0.05) is 12.8 Å². The number of rotatable bonds is 4. The number of carbonyl (C=O) groups excluding carboxylic acids is 1. The average molecular weight is 370 g/mol. The van der Waals surface area contributed by atoms with E-state index in [0.29, 0.717) is 18.8 Å². The molecule has 0 atom stereocenters. The summed E-state index contributed by atoms with van der Waals surface area (Å²) in [5.41, 5.74) is 5.64. The summed E-state index contributed by atoms with van der Waals surface area (Å²) in [5, 5.41) is 10.7. The summed E-state index contributed by atoms with van der Waals surface area (Å²) in [6, 6.07) is 6.10. The number of halogens is 1. The fourth-order valence-corrected chi connectivity index (χ4v) is 3.55. The van der Waals surface area contributed by atoms with Crippen LogP contribution in [0.5, 0.6) is 5.75 Å². The number of carbonyl (C=O) groups is 1. The first-order chi connectivity index (χ1) is 11.5. The molecule has 1 saturated heterocycles. The molecule has 1 aromatic carbocycles. The number of nitro benzene ring substituents is 1. The van der Waals surface area contributed by atoms with E-state index in [2.05, 4.69) is 0 Å². The van der Waals surface area contributed by atoms with Crippen LogP contribution in [0.2, 0.25) is 0 Å². The monoisotopic (exact) mass is 369 g/mol. The lowest BCUT2D eigenvalue weighted by Crippen LogP contribution is -2.56. The minimum absolute atomic E-state index is 0. The number of nitrogens with zero attached hydrogens (tertiary/aromatic N) is 2. The van der Waals surface area contributed by atoms with Crippen molar-refractivity contribution in [3.63, 3.8) is 0 Å². The molecule has 1 saturated carbocycles. The van der Waals surface area contributed by atoms with Gasteiger partial charge in [-0.15, -0.1) is 12.4 Å². The molecule has 1 aromatic rings. The molecular weight excluding hydrogens is 346 g/mol. The Labute approximate surface area is 153 Å². The largest absolute Gasteiger partial charge is 0.490 e. The molecule has 1 aliphatic carbocycles. The van der Waals surface area contributed by atoms with Crippen LogP contribution in [0.3, 0.4) is 0 Å². The summed E-state index contributed by atoms with van der Waals surface area (Å²) in [4.78, 5) is 24.7. The topological polar surface area (TPSA) is 98.7 Å². The van der Waals surface area contributed by atoms with E-state index in [1.807, 2.05) is 4.90 Å². The first-order valence-electron chi connectivity index (χ1n) is 8.47. The molecule has 25 heavy (non-hydrogen) atoms. The highest BCUT2D eigenvalue weighted by molar-refractivity contribution is 5.86. The zero-order valence-corrected chi connectivity index (χ0v) is 14.9. The van der Waals surface area contributed by atoms with E-state index in [0.717, 1.165) is 38.5 Å². The number of nitro groups is 1. The van der Waals surface area contributed by atoms with E-state index in [1.165, 1.54) is 12.1 Å². The lowest BCUT2D eigenvalue weighted by molar-refractivity contribution is -0.384. The van der Waals surface area contributed by atoms with Crippen LogP contribution in [-0.4, -0.2) is 40.5 Å². The zero-order valence-electron chi connectivity index (χ0n) is 14.1. The maximum atomic E-state index is 12.6. The van der Waals surface area contributed by atoms with Crippen LogP contribution in [0.1, 0.15) is 38.5 Å². The van der Waals surface area contributed by atoms with E-state index in [-0.39, 0.29) is 30.1 Å². The van der Waals surface area contributed by atoms with Crippen LogP contribution in [-0.2, 0) is 4.79 Å². The van der Waals surface area contributed by atoms with Crippen molar-refractivity contribution in [1.82, 2.24) is 4.90 Å². The highest BCUT2D eigenvalue weighted by Crippen LogP contribution is 2.30. The highest BCUT2D eigenvalue weighted by Gasteiger charge is 2.40. The Morgan fingerprint density at radius 2 is 1.76 bits per heavy atom. The minimum Gasteiger partial charge on any atom is -0.490 e. The molecule has 138 valence electrons. The number of non-ortho nitro benzene ring substituents is 1. The molecule has 3 rings (SSSR count). The summed E-state index contributed by atoms with van der Waals surface area (Å²) >= 11 is 0. The molecule has 0 bridgehead atoms. The maximum absolute atomic E-state index is 12.6. The maximum Gasteiger partial charge on any atom is 0.269 e. The molecule has 1 amide bonds. The van der Waals surface area contributed by atoms with E-state index < -0.39 is 10.5 Å². The molecule has 1 heterocycles. The van der Waals surface area contributed by atoms with Gasteiger partial charge in [-0.3, -0.25) is 14.9 Å². The van der Waals surface area contributed by atoms with Crippen molar-refractivity contribution in [3.8, 4) is 5.75 Å². The fourth-order valence-electron chi connectivity index (χ4n) is 3.55. The van der Waals surface area contributed by atoms with Crippen molar-refractivity contribution in [2.45, 2.75) is 50.2 Å². The van der Waals surface area contributed by atoms with Crippen LogP contribution in [0, 0.1) is 10.1 Å². The Kier molecular flexibility index (Phi) is 6.24. The van der Waals surface area contributed by atoms with Gasteiger partial charge in [0.2, 0.25) is 5.91 Å². The molecular formula is C17H24ClN3O4. The van der Waals surface area contributed by atoms with E-state index >= 15 is 0 Å². The zero-order chi connectivity index (χ0) is 17.2. The predicted molar refractivity (Wildman–Crippen MR) is 96.0 cm³/mol. The van der Waals surface area contributed by atoms with Gasteiger partial charge < -0.3 is 15.4 Å². The molecule has 1 aliphatic heterocycles. The molecule has 0 radical (unpaired) electrons. The smallest absolute Gasteiger partial charge is 0.269 e. The highest BCUT2D eigenvalue weighted by atomic mass is 35.5. The van der Waals surface area contributed by atoms with E-state index in [4.69, 9.17) is 10.5 Å². The predicted octanol–water partition coefficient (Wildman–Crippen LogP) is 2.66. The second-order valence-corrected chi connectivity index (χ2v) is 6.72. The van der Waals surface area contributed by atoms with Crippen LogP contribution in [0.25, 0.3) is 0 Å². The van der Waals surface area contributed by atoms with Gasteiger partial charge in [-0.05, 0) is 25.0 Å². The van der Waals surface area contributed by atoms with Crippen LogP contribution in [0.4, 0.5) is 5.69 Å². The number of nitrogens with two attached hydrogens (primary N) is 1. The molecule has 8 heteroatoms. The first kappa shape index (κ1) is 19.5. The summed E-state index contributed by atoms with van der Waals surface area (Å²) in [6.07, 6.45) is 5.14. The van der Waals surface area contributed by atoms with Gasteiger partial charge in [0, 0.05) is 38.1 Å². The first-order valence-corrected chi connectivity index (χ1v) is 8.47. The number of benzene rings is 1. The third-order valence-corrected chi connectivity index (χ3v) is 5.00. The van der Waals surface area contributed by atoms with Crippen molar-refractivity contribution in [1.29, 1.82) is 0 Å². The van der Waals surface area contributed by atoms with E-state index in [9.17, 15) is 14.9 Å². The van der Waals surface area contributed by atoms with Crippen LogP contribution >= 0.6 is 12.4 Å². The SMILES string of the molecule is Cl.NC1(C(=O)N2CCC(Oc3ccc([N+](=O)[O-])cc3)CC2)CCCC1. The second-order valence-electron chi connectivity index (χ2n) is 6.72. The van der Waals surface area contributed by atoms with E-state index in [1.54, 1.807) is 12.1 Å². The Morgan fingerprint density at radius 3 is 2.28 bits per heavy atom. The van der Waals surface area contributed by atoms with Gasteiger partial charge in [0.1, 0.15) is 11.9 Å². The van der Waals surface area contributed by atoms with Crippen LogP contribution in [0.15, 0.2) is 24.3 Å². The van der Waals surface area contributed by atoms with Gasteiger partial charge in [-0.25, -0.2) is 0 Å². The quantitative estimate of drug-likeness (QED) is 0.649. The number of likely N-dealkylation sites (tertiary alicyclic amines) is 1. The lowest BCUT2D eigenvalue weighted by atomic mass is 9.95.